The van der Waals surface area contributed by atoms with Crippen molar-refractivity contribution in [2.24, 2.45) is 5.92 Å². The van der Waals surface area contributed by atoms with Crippen molar-refractivity contribution in [2.75, 3.05) is 32.2 Å². The second-order valence-corrected chi connectivity index (χ2v) is 7.92. The zero-order valence-corrected chi connectivity index (χ0v) is 15.1. The Kier molecular flexibility index (Phi) is 4.37. The van der Waals surface area contributed by atoms with Gasteiger partial charge in [-0.3, -0.25) is 0 Å². The van der Waals surface area contributed by atoms with Gasteiger partial charge < -0.3 is 14.0 Å². The van der Waals surface area contributed by atoms with Crippen LogP contribution in [-0.2, 0) is 16.6 Å². The molecule has 23 heavy (non-hydrogen) atoms. The Balaban J connectivity index is 2.04. The monoisotopic (exact) mass is 315 g/mol. The van der Waals surface area contributed by atoms with E-state index in [4.69, 9.17) is 9.72 Å². The fraction of sp³-hybridized carbons (Fsp3) is 0.632. The Morgan fingerprint density at radius 3 is 2.57 bits per heavy atom. The van der Waals surface area contributed by atoms with Gasteiger partial charge in [0.05, 0.1) is 5.69 Å². The summed E-state index contributed by atoms with van der Waals surface area (Å²) in [5.41, 5.74) is 4.93. The summed E-state index contributed by atoms with van der Waals surface area (Å²) in [7, 11) is 4.14. The normalized spacial score (nSPS) is 16.9. The number of anilines is 1. The van der Waals surface area contributed by atoms with Crippen molar-refractivity contribution < 1.29 is 4.74 Å². The highest BCUT2D eigenvalue weighted by atomic mass is 16.5. The van der Waals surface area contributed by atoms with Crippen molar-refractivity contribution in [1.82, 2.24) is 9.38 Å². The van der Waals surface area contributed by atoms with Crippen LogP contribution in [0.2, 0.25) is 0 Å². The first-order chi connectivity index (χ1) is 10.9. The molecule has 0 aromatic carbocycles. The van der Waals surface area contributed by atoms with Crippen LogP contribution in [0.5, 0.6) is 0 Å². The van der Waals surface area contributed by atoms with Crippen LogP contribution in [0.25, 0.3) is 5.65 Å². The van der Waals surface area contributed by atoms with Gasteiger partial charge in [-0.15, -0.1) is 0 Å². The van der Waals surface area contributed by atoms with Gasteiger partial charge in [-0.1, -0.05) is 20.8 Å². The zero-order valence-electron chi connectivity index (χ0n) is 15.1. The average Bonchev–Trinajstić information content (AvgIpc) is 2.86. The number of pyridine rings is 1. The lowest BCUT2D eigenvalue weighted by atomic mass is 9.86. The van der Waals surface area contributed by atoms with E-state index in [2.05, 4.69) is 62.5 Å². The Hall–Kier alpha value is -1.55. The molecule has 1 aliphatic rings. The van der Waals surface area contributed by atoms with E-state index in [0.717, 1.165) is 38.1 Å². The van der Waals surface area contributed by atoms with Gasteiger partial charge in [-0.05, 0) is 31.2 Å². The van der Waals surface area contributed by atoms with Crippen LogP contribution >= 0.6 is 0 Å². The van der Waals surface area contributed by atoms with Gasteiger partial charge in [0.2, 0.25) is 0 Å². The van der Waals surface area contributed by atoms with Gasteiger partial charge in [-0.2, -0.15) is 0 Å². The molecule has 4 nitrogen and oxygen atoms in total. The van der Waals surface area contributed by atoms with Crippen LogP contribution < -0.4 is 4.90 Å². The Morgan fingerprint density at radius 1 is 1.26 bits per heavy atom. The minimum Gasteiger partial charge on any atom is -0.381 e. The molecule has 0 unspecified atom stereocenters. The molecule has 4 heteroatoms. The molecule has 1 fully saturated rings. The minimum absolute atomic E-state index is 0.0603. The van der Waals surface area contributed by atoms with Crippen molar-refractivity contribution in [3.63, 3.8) is 0 Å². The highest BCUT2D eigenvalue weighted by Gasteiger charge is 2.26. The molecule has 0 radical (unpaired) electrons. The van der Waals surface area contributed by atoms with Crippen molar-refractivity contribution in [3.8, 4) is 0 Å². The second kappa shape index (κ2) is 6.16. The number of hydrogen-bond donors (Lipinski definition) is 0. The summed E-state index contributed by atoms with van der Waals surface area (Å²) in [4.78, 5) is 7.13. The number of fused-ring (bicyclic) bond motifs is 1. The molecule has 2 aromatic heterocycles. The topological polar surface area (TPSA) is 29.8 Å². The molecule has 0 atom stereocenters. The molecule has 1 saturated heterocycles. The van der Waals surface area contributed by atoms with E-state index in [-0.39, 0.29) is 5.41 Å². The summed E-state index contributed by atoms with van der Waals surface area (Å²) in [6.45, 7) is 8.58. The molecular weight excluding hydrogens is 286 g/mol. The van der Waals surface area contributed by atoms with E-state index in [0.29, 0.717) is 5.92 Å². The number of nitrogens with zero attached hydrogens (tertiary/aromatic N) is 3. The van der Waals surface area contributed by atoms with Gasteiger partial charge in [0.1, 0.15) is 5.65 Å². The highest BCUT2D eigenvalue weighted by molar-refractivity contribution is 5.57. The number of imidazole rings is 1. The van der Waals surface area contributed by atoms with Crippen LogP contribution in [-0.4, -0.2) is 36.7 Å². The Morgan fingerprint density at radius 2 is 1.96 bits per heavy atom. The molecule has 126 valence electrons. The van der Waals surface area contributed by atoms with Gasteiger partial charge in [0.25, 0.3) is 0 Å². The van der Waals surface area contributed by atoms with Crippen LogP contribution in [0.4, 0.5) is 5.69 Å². The lowest BCUT2D eigenvalue weighted by Gasteiger charge is -2.24. The molecule has 0 N–H and O–H groups in total. The summed E-state index contributed by atoms with van der Waals surface area (Å²) in [5.74, 6) is 0.707. The smallest absolute Gasteiger partial charge is 0.139 e. The van der Waals surface area contributed by atoms with Gasteiger partial charge in [0.15, 0.2) is 0 Å². The molecular formula is C19H29N3O. The molecule has 0 spiro atoms. The molecule has 0 aliphatic carbocycles. The quantitative estimate of drug-likeness (QED) is 0.865. The lowest BCUT2D eigenvalue weighted by Crippen LogP contribution is -2.21. The molecule has 3 heterocycles. The fourth-order valence-corrected chi connectivity index (χ4v) is 3.38. The molecule has 3 rings (SSSR count). The van der Waals surface area contributed by atoms with E-state index in [1.165, 1.54) is 17.1 Å². The first kappa shape index (κ1) is 16.3. The molecule has 1 aliphatic heterocycles. The maximum absolute atomic E-state index is 5.52. The standard InChI is InChI=1S/C19H29N3O/c1-19(2,3)18-16(12-14-7-10-23-11-8-14)22-9-6-15(21(4)5)13-17(22)20-18/h6,9,13-14H,7-8,10-12H2,1-5H3. The molecule has 2 aromatic rings. The molecule has 0 amide bonds. The summed E-state index contributed by atoms with van der Waals surface area (Å²) in [6, 6.07) is 4.36. The highest BCUT2D eigenvalue weighted by Crippen LogP contribution is 2.31. The third kappa shape index (κ3) is 3.37. The maximum Gasteiger partial charge on any atom is 0.139 e. The zero-order chi connectivity index (χ0) is 16.6. The second-order valence-electron chi connectivity index (χ2n) is 7.92. The largest absolute Gasteiger partial charge is 0.381 e. The number of ether oxygens (including phenoxy) is 1. The summed E-state index contributed by atoms with van der Waals surface area (Å²) >= 11 is 0. The fourth-order valence-electron chi connectivity index (χ4n) is 3.38. The number of hydrogen-bond acceptors (Lipinski definition) is 3. The number of aromatic nitrogens is 2. The van der Waals surface area contributed by atoms with E-state index in [1.54, 1.807) is 0 Å². The molecule has 0 saturated carbocycles. The van der Waals surface area contributed by atoms with Crippen LogP contribution in [0.1, 0.15) is 45.0 Å². The van der Waals surface area contributed by atoms with Crippen molar-refractivity contribution in [1.29, 1.82) is 0 Å². The van der Waals surface area contributed by atoms with Gasteiger partial charge >= 0.3 is 0 Å². The van der Waals surface area contributed by atoms with Gasteiger partial charge in [0, 0.05) is 56.4 Å². The summed E-state index contributed by atoms with van der Waals surface area (Å²) in [5, 5.41) is 0. The van der Waals surface area contributed by atoms with E-state index in [9.17, 15) is 0 Å². The summed E-state index contributed by atoms with van der Waals surface area (Å²) < 4.78 is 7.81. The van der Waals surface area contributed by atoms with E-state index >= 15 is 0 Å². The maximum atomic E-state index is 5.52. The average molecular weight is 315 g/mol. The van der Waals surface area contributed by atoms with Crippen LogP contribution in [0.15, 0.2) is 18.3 Å². The lowest BCUT2D eigenvalue weighted by molar-refractivity contribution is 0.0661. The molecule has 0 bridgehead atoms. The first-order valence-electron chi connectivity index (χ1n) is 8.63. The van der Waals surface area contributed by atoms with E-state index in [1.807, 2.05) is 0 Å². The van der Waals surface area contributed by atoms with Crippen molar-refractivity contribution in [3.05, 3.63) is 29.7 Å². The first-order valence-corrected chi connectivity index (χ1v) is 8.63. The van der Waals surface area contributed by atoms with Crippen molar-refractivity contribution >= 4 is 11.3 Å². The SMILES string of the molecule is CN(C)c1ccn2c(CC3CCOCC3)c(C(C)(C)C)nc2c1. The van der Waals surface area contributed by atoms with Crippen LogP contribution in [0.3, 0.4) is 0 Å². The third-order valence-electron chi connectivity index (χ3n) is 4.76. The summed E-state index contributed by atoms with van der Waals surface area (Å²) in [6.07, 6.45) is 5.60. The predicted molar refractivity (Wildman–Crippen MR) is 95.5 cm³/mol. The van der Waals surface area contributed by atoms with Gasteiger partial charge in [-0.25, -0.2) is 4.98 Å². The third-order valence-corrected chi connectivity index (χ3v) is 4.76. The number of rotatable bonds is 3. The van der Waals surface area contributed by atoms with E-state index < -0.39 is 0 Å². The Labute approximate surface area is 139 Å². The van der Waals surface area contributed by atoms with Crippen LogP contribution in [0, 0.1) is 5.92 Å². The minimum atomic E-state index is 0.0603. The predicted octanol–water partition coefficient (Wildman–Crippen LogP) is 3.67. The Bertz CT molecular complexity index is 676. The van der Waals surface area contributed by atoms with Crippen molar-refractivity contribution in [2.45, 2.75) is 45.4 Å².